The monoisotopic (exact) mass is 280 g/mol. The van der Waals surface area contributed by atoms with Crippen molar-refractivity contribution in [3.63, 3.8) is 0 Å². The lowest BCUT2D eigenvalue weighted by atomic mass is 9.88. The largest absolute Gasteiger partial charge is 0.294 e. The van der Waals surface area contributed by atoms with E-state index < -0.39 is 0 Å². The number of rotatable bonds is 10. The van der Waals surface area contributed by atoms with Crippen LogP contribution in [0.3, 0.4) is 0 Å². The molecule has 0 heterocycles. The maximum absolute atomic E-state index is 12.3. The number of hydrogen-bond donors (Lipinski definition) is 0. The predicted octanol–water partition coefficient (Wildman–Crippen LogP) is 6.05. The predicted molar refractivity (Wildman–Crippen MR) is 83.8 cm³/mol. The van der Waals surface area contributed by atoms with E-state index in [2.05, 4.69) is 31.8 Å². The Kier molecular flexibility index (Phi) is 8.32. The Hall–Kier alpha value is -1.05. The molecule has 1 aromatic rings. The van der Waals surface area contributed by atoms with Crippen molar-refractivity contribution in [2.75, 3.05) is 0 Å². The van der Waals surface area contributed by atoms with Crippen LogP contribution in [0.5, 0.6) is 5.75 Å². The lowest BCUT2D eigenvalue weighted by Crippen LogP contribution is -2.07. The van der Waals surface area contributed by atoms with Crippen LogP contribution in [0.4, 0.5) is 4.53 Å². The summed E-state index contributed by atoms with van der Waals surface area (Å²) in [5.74, 6) is 1.09. The molecule has 0 aliphatic rings. The first-order valence-corrected chi connectivity index (χ1v) is 8.15. The van der Waals surface area contributed by atoms with E-state index in [1.165, 1.54) is 43.2 Å². The summed E-state index contributed by atoms with van der Waals surface area (Å²) in [6.45, 7) is 6.66. The molecule has 114 valence electrons. The van der Waals surface area contributed by atoms with Crippen molar-refractivity contribution >= 4 is 0 Å². The molecule has 1 nitrogen and oxygen atoms in total. The molecular formula is C18H29FO. The lowest BCUT2D eigenvalue weighted by Gasteiger charge is -2.18. The van der Waals surface area contributed by atoms with Gasteiger partial charge < -0.3 is 0 Å². The Bertz CT molecular complexity index is 376. The molecular weight excluding hydrogens is 251 g/mol. The molecule has 0 saturated heterocycles. The van der Waals surface area contributed by atoms with Crippen molar-refractivity contribution in [1.29, 1.82) is 0 Å². The second-order valence-electron chi connectivity index (χ2n) is 5.76. The van der Waals surface area contributed by atoms with E-state index in [4.69, 9.17) is 0 Å². The van der Waals surface area contributed by atoms with Gasteiger partial charge >= 0.3 is 0 Å². The number of unbranched alkanes of at least 4 members (excludes halogenated alkanes) is 1. The van der Waals surface area contributed by atoms with Gasteiger partial charge in [-0.1, -0.05) is 65.4 Å². The summed E-state index contributed by atoms with van der Waals surface area (Å²) in [7, 11) is 0. The minimum Gasteiger partial charge on any atom is -0.294 e. The van der Waals surface area contributed by atoms with Gasteiger partial charge in [-0.3, -0.25) is 4.94 Å². The normalized spacial score (nSPS) is 12.4. The molecule has 0 N–H and O–H groups in total. The van der Waals surface area contributed by atoms with Crippen molar-refractivity contribution in [2.24, 2.45) is 5.92 Å². The van der Waals surface area contributed by atoms with Crippen molar-refractivity contribution in [1.82, 2.24) is 0 Å². The van der Waals surface area contributed by atoms with Gasteiger partial charge in [0.1, 0.15) is 0 Å². The lowest BCUT2D eigenvalue weighted by molar-refractivity contribution is -0.00631. The molecule has 0 aliphatic carbocycles. The highest BCUT2D eigenvalue weighted by atomic mass is 19.3. The van der Waals surface area contributed by atoms with Gasteiger partial charge in [-0.05, 0) is 42.0 Å². The smallest absolute Gasteiger partial charge is 0.172 e. The zero-order chi connectivity index (χ0) is 14.8. The fraction of sp³-hybridized carbons (Fsp3) is 0.667. The van der Waals surface area contributed by atoms with Crippen LogP contribution >= 0.6 is 0 Å². The van der Waals surface area contributed by atoms with Crippen molar-refractivity contribution < 1.29 is 9.47 Å². The molecule has 1 aromatic carbocycles. The van der Waals surface area contributed by atoms with E-state index in [1.54, 1.807) is 6.07 Å². The summed E-state index contributed by atoms with van der Waals surface area (Å²) in [6.07, 6.45) is 9.59. The molecule has 0 fully saturated rings. The fourth-order valence-electron chi connectivity index (χ4n) is 2.91. The van der Waals surface area contributed by atoms with Crippen LogP contribution in [0.2, 0.25) is 0 Å². The minimum atomic E-state index is 0.331. The van der Waals surface area contributed by atoms with E-state index in [1.807, 2.05) is 6.07 Å². The average Bonchev–Trinajstić information content (AvgIpc) is 2.47. The van der Waals surface area contributed by atoms with Gasteiger partial charge in [0.2, 0.25) is 0 Å². The highest BCUT2D eigenvalue weighted by molar-refractivity contribution is 5.36. The minimum absolute atomic E-state index is 0.331. The van der Waals surface area contributed by atoms with Crippen LogP contribution in [-0.4, -0.2) is 0 Å². The highest BCUT2D eigenvalue weighted by Crippen LogP contribution is 2.26. The molecule has 0 aliphatic heterocycles. The number of benzene rings is 1. The molecule has 0 spiro atoms. The van der Waals surface area contributed by atoms with Crippen molar-refractivity contribution in [3.05, 3.63) is 29.3 Å². The molecule has 20 heavy (non-hydrogen) atoms. The van der Waals surface area contributed by atoms with Gasteiger partial charge in [0, 0.05) is 4.53 Å². The molecule has 0 aromatic heterocycles. The van der Waals surface area contributed by atoms with Crippen molar-refractivity contribution in [3.8, 4) is 5.75 Å². The number of aryl methyl sites for hydroxylation is 1. The molecule has 0 bridgehead atoms. The van der Waals surface area contributed by atoms with E-state index in [0.29, 0.717) is 5.75 Å². The summed E-state index contributed by atoms with van der Waals surface area (Å²) in [6, 6.07) is 5.66. The zero-order valence-corrected chi connectivity index (χ0v) is 13.3. The summed E-state index contributed by atoms with van der Waals surface area (Å²) < 4.78 is 12.3. The van der Waals surface area contributed by atoms with E-state index in [-0.39, 0.29) is 0 Å². The Labute approximate surface area is 123 Å². The first-order chi connectivity index (χ1) is 9.74. The standard InChI is InChI=1S/C18H29FO/c1-4-7-10-15(8-5-2)13-17-11-12-18(20-19)14-16(17)9-6-3/h11-12,14-15H,4-10,13H2,1-3H3. The van der Waals surface area contributed by atoms with E-state index in [0.717, 1.165) is 25.2 Å². The quantitative estimate of drug-likeness (QED) is 0.507. The van der Waals surface area contributed by atoms with Crippen LogP contribution in [0.25, 0.3) is 0 Å². The SMILES string of the molecule is CCCCC(CCC)Cc1ccc(OF)cc1CCC. The summed E-state index contributed by atoms with van der Waals surface area (Å²) in [5, 5.41) is 0. The van der Waals surface area contributed by atoms with E-state index in [9.17, 15) is 4.53 Å². The second-order valence-corrected chi connectivity index (χ2v) is 5.76. The van der Waals surface area contributed by atoms with E-state index >= 15 is 0 Å². The maximum Gasteiger partial charge on any atom is 0.172 e. The Morgan fingerprint density at radius 3 is 2.40 bits per heavy atom. The van der Waals surface area contributed by atoms with Crippen LogP contribution in [0.15, 0.2) is 18.2 Å². The third-order valence-electron chi connectivity index (χ3n) is 3.96. The number of hydrogen-bond acceptors (Lipinski definition) is 1. The third-order valence-corrected chi connectivity index (χ3v) is 3.96. The first kappa shape index (κ1) is 17.0. The highest BCUT2D eigenvalue weighted by Gasteiger charge is 2.12. The average molecular weight is 280 g/mol. The van der Waals surface area contributed by atoms with Crippen LogP contribution < -0.4 is 4.94 Å². The summed E-state index contributed by atoms with van der Waals surface area (Å²) >= 11 is 0. The third kappa shape index (κ3) is 5.52. The Morgan fingerprint density at radius 2 is 1.80 bits per heavy atom. The second kappa shape index (κ2) is 9.79. The van der Waals surface area contributed by atoms with Gasteiger partial charge in [0.15, 0.2) is 5.75 Å². The summed E-state index contributed by atoms with van der Waals surface area (Å²) in [4.78, 5) is 3.87. The van der Waals surface area contributed by atoms with Crippen LogP contribution in [0, 0.1) is 5.92 Å². The molecule has 0 saturated carbocycles. The zero-order valence-electron chi connectivity index (χ0n) is 13.3. The van der Waals surface area contributed by atoms with Gasteiger partial charge in [-0.25, -0.2) is 0 Å². The molecule has 1 rings (SSSR count). The topological polar surface area (TPSA) is 9.23 Å². The van der Waals surface area contributed by atoms with Crippen LogP contribution in [0.1, 0.15) is 70.4 Å². The maximum atomic E-state index is 12.3. The fourth-order valence-corrected chi connectivity index (χ4v) is 2.91. The molecule has 1 atom stereocenters. The Morgan fingerprint density at radius 1 is 1.00 bits per heavy atom. The van der Waals surface area contributed by atoms with Gasteiger partial charge in [-0.2, -0.15) is 0 Å². The van der Waals surface area contributed by atoms with Crippen molar-refractivity contribution in [2.45, 2.75) is 72.1 Å². The van der Waals surface area contributed by atoms with Gasteiger partial charge in [-0.15, -0.1) is 0 Å². The molecule has 1 unspecified atom stereocenters. The molecule has 2 heteroatoms. The molecule has 0 amide bonds. The van der Waals surface area contributed by atoms with Gasteiger partial charge in [0.25, 0.3) is 0 Å². The first-order valence-electron chi connectivity index (χ1n) is 8.15. The molecule has 0 radical (unpaired) electrons. The number of halogens is 1. The Balaban J connectivity index is 2.80. The summed E-state index contributed by atoms with van der Waals surface area (Å²) in [5.41, 5.74) is 2.63. The van der Waals surface area contributed by atoms with Gasteiger partial charge in [0.05, 0.1) is 0 Å². The van der Waals surface area contributed by atoms with Crippen LogP contribution in [-0.2, 0) is 12.8 Å².